The van der Waals surface area contributed by atoms with Gasteiger partial charge in [0.2, 0.25) is 0 Å². The molecule has 0 aromatic heterocycles. The first kappa shape index (κ1) is 19.0. The molecule has 148 valence electrons. The van der Waals surface area contributed by atoms with E-state index >= 15 is 0 Å². The number of hydrogen-bond donors (Lipinski definition) is 1. The van der Waals surface area contributed by atoms with Crippen LogP contribution < -0.4 is 0 Å². The average molecular weight is 386 g/mol. The summed E-state index contributed by atoms with van der Waals surface area (Å²) in [6, 6.07) is 18.0. The van der Waals surface area contributed by atoms with Crippen molar-refractivity contribution in [3.63, 3.8) is 0 Å². The summed E-state index contributed by atoms with van der Waals surface area (Å²) in [7, 11) is 1.42. The molecule has 2 aliphatic rings. The van der Waals surface area contributed by atoms with Gasteiger partial charge in [0.1, 0.15) is 18.3 Å². The first-order valence-electron chi connectivity index (χ1n) is 9.11. The van der Waals surface area contributed by atoms with Gasteiger partial charge in [-0.05, 0) is 12.1 Å². The fourth-order valence-corrected chi connectivity index (χ4v) is 3.44. The van der Waals surface area contributed by atoms with Gasteiger partial charge in [-0.15, -0.1) is 0 Å². The number of aliphatic hydroxyl groups is 1. The van der Waals surface area contributed by atoms with Gasteiger partial charge in [-0.3, -0.25) is 0 Å². The van der Waals surface area contributed by atoms with E-state index in [1.165, 1.54) is 7.11 Å². The maximum Gasteiger partial charge on any atom is 0.338 e. The number of hydrogen-bond acceptors (Lipinski definition) is 7. The Hall–Kier alpha value is -2.29. The van der Waals surface area contributed by atoms with Crippen LogP contribution in [0.15, 0.2) is 60.7 Å². The molecule has 28 heavy (non-hydrogen) atoms. The Labute approximate surface area is 162 Å². The van der Waals surface area contributed by atoms with Crippen LogP contribution in [0.1, 0.15) is 22.2 Å². The first-order valence-corrected chi connectivity index (χ1v) is 9.11. The molecule has 0 radical (unpaired) electrons. The smallest absolute Gasteiger partial charge is 0.338 e. The van der Waals surface area contributed by atoms with Gasteiger partial charge < -0.3 is 28.8 Å². The van der Waals surface area contributed by atoms with Crippen molar-refractivity contribution >= 4 is 5.97 Å². The van der Waals surface area contributed by atoms with Gasteiger partial charge in [0, 0.05) is 12.7 Å². The number of benzene rings is 2. The lowest BCUT2D eigenvalue weighted by atomic mass is 9.97. The Morgan fingerprint density at radius 2 is 1.71 bits per heavy atom. The summed E-state index contributed by atoms with van der Waals surface area (Å²) < 4.78 is 28.4. The summed E-state index contributed by atoms with van der Waals surface area (Å²) >= 11 is 0. The maximum absolute atomic E-state index is 12.6. The second-order valence-electron chi connectivity index (χ2n) is 6.68. The summed E-state index contributed by atoms with van der Waals surface area (Å²) in [6.07, 6.45) is -5.00. The Kier molecular flexibility index (Phi) is 5.70. The van der Waals surface area contributed by atoms with Gasteiger partial charge >= 0.3 is 5.97 Å². The topological polar surface area (TPSA) is 83.5 Å². The zero-order valence-corrected chi connectivity index (χ0v) is 15.3. The van der Waals surface area contributed by atoms with E-state index in [2.05, 4.69) is 0 Å². The van der Waals surface area contributed by atoms with Crippen LogP contribution >= 0.6 is 0 Å². The van der Waals surface area contributed by atoms with Gasteiger partial charge in [-0.25, -0.2) is 4.79 Å². The van der Waals surface area contributed by atoms with Gasteiger partial charge in [-0.2, -0.15) is 0 Å². The largest absolute Gasteiger partial charge is 0.453 e. The molecule has 0 aliphatic carbocycles. The molecule has 1 N–H and O–H groups in total. The fraction of sp³-hybridized carbons (Fsp3) is 0.381. The van der Waals surface area contributed by atoms with Gasteiger partial charge in [0.05, 0.1) is 12.2 Å². The second-order valence-corrected chi connectivity index (χ2v) is 6.68. The molecular weight excluding hydrogens is 364 g/mol. The minimum Gasteiger partial charge on any atom is -0.453 e. The zero-order valence-electron chi connectivity index (χ0n) is 15.3. The molecule has 2 aromatic rings. The molecule has 7 heteroatoms. The number of rotatable bonds is 4. The number of aliphatic hydroxyl groups excluding tert-OH is 1. The molecule has 2 saturated heterocycles. The second kappa shape index (κ2) is 8.38. The molecule has 6 atom stereocenters. The number of methoxy groups -OCH3 is 1. The van der Waals surface area contributed by atoms with Crippen molar-refractivity contribution in [2.45, 2.75) is 37.0 Å². The maximum atomic E-state index is 12.6. The van der Waals surface area contributed by atoms with E-state index in [9.17, 15) is 9.90 Å². The Balaban J connectivity index is 1.56. The van der Waals surface area contributed by atoms with Crippen LogP contribution in [0, 0.1) is 0 Å². The predicted octanol–water partition coefficient (Wildman–Crippen LogP) is 2.06. The highest BCUT2D eigenvalue weighted by Crippen LogP contribution is 2.35. The van der Waals surface area contributed by atoms with Crippen molar-refractivity contribution in [1.29, 1.82) is 0 Å². The number of carbonyl (C=O) groups excluding carboxylic acids is 1. The lowest BCUT2D eigenvalue weighted by Crippen LogP contribution is -2.63. The molecule has 0 bridgehead atoms. The summed E-state index contributed by atoms with van der Waals surface area (Å²) in [5.74, 6) is -0.550. The Morgan fingerprint density at radius 1 is 1.04 bits per heavy atom. The number of fused-ring (bicyclic) bond motifs is 1. The van der Waals surface area contributed by atoms with Crippen LogP contribution in [0.25, 0.3) is 0 Å². The van der Waals surface area contributed by atoms with E-state index in [0.29, 0.717) is 5.56 Å². The van der Waals surface area contributed by atoms with E-state index in [1.54, 1.807) is 24.3 Å². The van der Waals surface area contributed by atoms with E-state index in [0.717, 1.165) is 5.56 Å². The van der Waals surface area contributed by atoms with Crippen molar-refractivity contribution in [2.24, 2.45) is 0 Å². The zero-order chi connectivity index (χ0) is 19.5. The molecule has 0 saturated carbocycles. The molecule has 4 unspecified atom stereocenters. The first-order chi connectivity index (χ1) is 13.7. The summed E-state index contributed by atoms with van der Waals surface area (Å²) in [5, 5.41) is 10.7. The van der Waals surface area contributed by atoms with Gasteiger partial charge in [0.25, 0.3) is 0 Å². The normalized spacial score (nSPS) is 32.4. The summed E-state index contributed by atoms with van der Waals surface area (Å²) in [4.78, 5) is 12.6. The highest BCUT2D eigenvalue weighted by atomic mass is 16.8. The molecule has 0 spiro atoms. The average Bonchev–Trinajstić information content (AvgIpc) is 2.76. The molecule has 2 aliphatic heterocycles. The third-order valence-corrected chi connectivity index (χ3v) is 4.86. The lowest BCUT2D eigenvalue weighted by Gasteiger charge is -2.47. The predicted molar refractivity (Wildman–Crippen MR) is 97.3 cm³/mol. The van der Waals surface area contributed by atoms with Crippen molar-refractivity contribution in [3.8, 4) is 0 Å². The fourth-order valence-electron chi connectivity index (χ4n) is 3.44. The van der Waals surface area contributed by atoms with Crippen molar-refractivity contribution in [2.75, 3.05) is 13.7 Å². The molecular formula is C21H22O7. The third kappa shape index (κ3) is 3.80. The molecule has 7 nitrogen and oxygen atoms in total. The standard InChI is InChI=1S/C21H22O7/c1-24-21-16(22)18(27-19(23)13-8-4-2-5-9-13)17-15(26-21)12-25-20(28-17)14-10-6-3-7-11-14/h2-11,15-18,20-22H,12H2,1H3/t15?,16?,17-,18?,20?,21-/m1/s1. The van der Waals surface area contributed by atoms with Crippen molar-refractivity contribution in [1.82, 2.24) is 0 Å². The molecule has 2 heterocycles. The lowest BCUT2D eigenvalue weighted by molar-refractivity contribution is -0.357. The van der Waals surface area contributed by atoms with Crippen LogP contribution in [-0.4, -0.2) is 55.5 Å². The molecule has 2 aromatic carbocycles. The van der Waals surface area contributed by atoms with E-state index < -0.39 is 43.0 Å². The molecule has 2 fully saturated rings. The molecule has 0 amide bonds. The highest BCUT2D eigenvalue weighted by molar-refractivity contribution is 5.89. The van der Waals surface area contributed by atoms with E-state index in [1.807, 2.05) is 36.4 Å². The number of ether oxygens (including phenoxy) is 5. The SMILES string of the molecule is CO[C@@H]1OC2COC(c3ccccc3)O[C@H]2C(OC(=O)c2ccccc2)C1O. The quantitative estimate of drug-likeness (QED) is 0.806. The van der Waals surface area contributed by atoms with Crippen LogP contribution in [0.4, 0.5) is 0 Å². The monoisotopic (exact) mass is 386 g/mol. The van der Waals surface area contributed by atoms with E-state index in [-0.39, 0.29) is 6.61 Å². The van der Waals surface area contributed by atoms with E-state index in [4.69, 9.17) is 23.7 Å². The number of esters is 1. The summed E-state index contributed by atoms with van der Waals surface area (Å²) in [6.45, 7) is 0.218. The third-order valence-electron chi connectivity index (χ3n) is 4.86. The van der Waals surface area contributed by atoms with Crippen LogP contribution in [0.3, 0.4) is 0 Å². The molecule has 4 rings (SSSR count). The van der Waals surface area contributed by atoms with Crippen LogP contribution in [0.5, 0.6) is 0 Å². The number of carbonyl (C=O) groups is 1. The van der Waals surface area contributed by atoms with Crippen molar-refractivity contribution < 1.29 is 33.6 Å². The Bertz CT molecular complexity index is 782. The van der Waals surface area contributed by atoms with Gasteiger partial charge in [-0.1, -0.05) is 48.5 Å². The minimum atomic E-state index is -1.20. The van der Waals surface area contributed by atoms with Gasteiger partial charge in [0.15, 0.2) is 18.7 Å². The minimum absolute atomic E-state index is 0.218. The summed E-state index contributed by atoms with van der Waals surface area (Å²) in [5.41, 5.74) is 1.22. The Morgan fingerprint density at radius 3 is 2.39 bits per heavy atom. The highest BCUT2D eigenvalue weighted by Gasteiger charge is 2.51. The van der Waals surface area contributed by atoms with Crippen LogP contribution in [-0.2, 0) is 23.7 Å². The van der Waals surface area contributed by atoms with Crippen LogP contribution in [0.2, 0.25) is 0 Å². The van der Waals surface area contributed by atoms with Crippen molar-refractivity contribution in [3.05, 3.63) is 71.8 Å².